The Labute approximate surface area is 162 Å². The van der Waals surface area contributed by atoms with E-state index in [9.17, 15) is 0 Å². The van der Waals surface area contributed by atoms with Gasteiger partial charge in [-0.15, -0.1) is 0 Å². The molecule has 2 aromatic rings. The van der Waals surface area contributed by atoms with E-state index in [0.717, 1.165) is 37.0 Å². The molecule has 144 valence electrons. The van der Waals surface area contributed by atoms with Gasteiger partial charge in [0.05, 0.1) is 13.7 Å². The minimum absolute atomic E-state index is 0.00873. The van der Waals surface area contributed by atoms with E-state index >= 15 is 0 Å². The number of hydrogen-bond donors (Lipinski definition) is 1. The molecule has 1 heterocycles. The van der Waals surface area contributed by atoms with Crippen molar-refractivity contribution in [1.29, 1.82) is 0 Å². The molecule has 1 saturated heterocycles. The summed E-state index contributed by atoms with van der Waals surface area (Å²) in [5, 5.41) is 3.45. The van der Waals surface area contributed by atoms with E-state index < -0.39 is 0 Å². The summed E-state index contributed by atoms with van der Waals surface area (Å²) in [6, 6.07) is 18.4. The van der Waals surface area contributed by atoms with Crippen LogP contribution in [0.5, 0.6) is 11.5 Å². The molecule has 0 aromatic heterocycles. The van der Waals surface area contributed by atoms with Crippen LogP contribution in [0.3, 0.4) is 0 Å². The van der Waals surface area contributed by atoms with Crippen molar-refractivity contribution >= 4 is 5.96 Å². The van der Waals surface area contributed by atoms with Crippen molar-refractivity contribution in [3.8, 4) is 11.5 Å². The zero-order valence-corrected chi connectivity index (χ0v) is 16.4. The summed E-state index contributed by atoms with van der Waals surface area (Å²) in [4.78, 5) is 6.79. The zero-order chi connectivity index (χ0) is 19.1. The molecule has 2 unspecified atom stereocenters. The van der Waals surface area contributed by atoms with Crippen LogP contribution in [0.1, 0.15) is 24.8 Å². The van der Waals surface area contributed by atoms with Crippen LogP contribution >= 0.6 is 0 Å². The number of benzene rings is 2. The topological polar surface area (TPSA) is 46.1 Å². The third kappa shape index (κ3) is 4.94. The minimum atomic E-state index is -0.00873. The maximum atomic E-state index is 6.02. The van der Waals surface area contributed by atoms with Gasteiger partial charge >= 0.3 is 0 Å². The lowest BCUT2D eigenvalue weighted by molar-refractivity contribution is 0.212. The molecule has 3 rings (SSSR count). The lowest BCUT2D eigenvalue weighted by Crippen LogP contribution is -2.43. The fourth-order valence-electron chi connectivity index (χ4n) is 3.49. The molecule has 0 spiro atoms. The Morgan fingerprint density at radius 2 is 1.85 bits per heavy atom. The van der Waals surface area contributed by atoms with Crippen LogP contribution in [-0.2, 0) is 0 Å². The monoisotopic (exact) mass is 367 g/mol. The fourth-order valence-corrected chi connectivity index (χ4v) is 3.49. The van der Waals surface area contributed by atoms with E-state index in [1.807, 2.05) is 38.2 Å². The average Bonchev–Trinajstić information content (AvgIpc) is 3.19. The van der Waals surface area contributed by atoms with E-state index in [0.29, 0.717) is 12.5 Å². The van der Waals surface area contributed by atoms with E-state index in [1.165, 1.54) is 5.56 Å². The van der Waals surface area contributed by atoms with Gasteiger partial charge in [0, 0.05) is 26.1 Å². The average molecular weight is 367 g/mol. The van der Waals surface area contributed by atoms with Gasteiger partial charge < -0.3 is 19.7 Å². The molecule has 5 nitrogen and oxygen atoms in total. The molecule has 27 heavy (non-hydrogen) atoms. The zero-order valence-electron chi connectivity index (χ0n) is 16.4. The van der Waals surface area contributed by atoms with Gasteiger partial charge in [0.25, 0.3) is 0 Å². The molecule has 1 aliphatic heterocycles. The van der Waals surface area contributed by atoms with Crippen molar-refractivity contribution in [2.24, 2.45) is 4.99 Å². The van der Waals surface area contributed by atoms with Gasteiger partial charge in [-0.25, -0.2) is 0 Å². The summed E-state index contributed by atoms with van der Waals surface area (Å²) in [7, 11) is 3.49. The Morgan fingerprint density at radius 1 is 1.15 bits per heavy atom. The van der Waals surface area contributed by atoms with Crippen molar-refractivity contribution in [2.75, 3.05) is 33.8 Å². The van der Waals surface area contributed by atoms with Crippen LogP contribution in [-0.4, -0.2) is 50.8 Å². The van der Waals surface area contributed by atoms with Gasteiger partial charge in [0.2, 0.25) is 0 Å². The number of hydrogen-bond acceptors (Lipinski definition) is 3. The van der Waals surface area contributed by atoms with Crippen LogP contribution < -0.4 is 14.8 Å². The molecule has 0 saturated carbocycles. The standard InChI is InChI=1S/C22H29N3O2/c1-17(27-21-12-8-7-11-20(21)26-3)15-24-22(23-2)25-14-13-19(16-25)18-9-5-4-6-10-18/h4-12,17,19H,13-16H2,1-3H3,(H,23,24). The highest BCUT2D eigenvalue weighted by Crippen LogP contribution is 2.28. The summed E-state index contributed by atoms with van der Waals surface area (Å²) >= 11 is 0. The Hall–Kier alpha value is -2.69. The lowest BCUT2D eigenvalue weighted by Gasteiger charge is -2.24. The molecular weight excluding hydrogens is 338 g/mol. The molecule has 2 atom stereocenters. The number of aliphatic imine (C=N–C) groups is 1. The first-order chi connectivity index (χ1) is 13.2. The highest BCUT2D eigenvalue weighted by atomic mass is 16.5. The predicted molar refractivity (Wildman–Crippen MR) is 110 cm³/mol. The number of rotatable bonds is 6. The molecule has 0 aliphatic carbocycles. The SMILES string of the molecule is CN=C(NCC(C)Oc1ccccc1OC)N1CCC(c2ccccc2)C1. The molecule has 0 bridgehead atoms. The van der Waals surface area contributed by atoms with Crippen LogP contribution in [0.15, 0.2) is 59.6 Å². The first kappa shape index (κ1) is 19.1. The number of nitrogens with zero attached hydrogens (tertiary/aromatic N) is 2. The fraction of sp³-hybridized carbons (Fsp3) is 0.409. The van der Waals surface area contributed by atoms with Gasteiger partial charge in [-0.1, -0.05) is 42.5 Å². The minimum Gasteiger partial charge on any atom is -0.493 e. The second-order valence-electron chi connectivity index (χ2n) is 6.85. The van der Waals surface area contributed by atoms with Gasteiger partial charge in [-0.3, -0.25) is 4.99 Å². The van der Waals surface area contributed by atoms with E-state index in [1.54, 1.807) is 7.11 Å². The number of ether oxygens (including phenoxy) is 2. The predicted octanol–water partition coefficient (Wildman–Crippen LogP) is 3.53. The van der Waals surface area contributed by atoms with Crippen molar-refractivity contribution in [3.05, 3.63) is 60.2 Å². The van der Waals surface area contributed by atoms with Crippen LogP contribution in [0.25, 0.3) is 0 Å². The molecule has 1 aliphatic rings. The van der Waals surface area contributed by atoms with Gasteiger partial charge in [0.1, 0.15) is 6.10 Å². The summed E-state index contributed by atoms with van der Waals surface area (Å²) in [5.41, 5.74) is 1.41. The largest absolute Gasteiger partial charge is 0.493 e. The number of likely N-dealkylation sites (tertiary alicyclic amines) is 1. The van der Waals surface area contributed by atoms with Gasteiger partial charge in [-0.05, 0) is 31.0 Å². The van der Waals surface area contributed by atoms with Crippen molar-refractivity contribution in [2.45, 2.75) is 25.4 Å². The first-order valence-electron chi connectivity index (χ1n) is 9.51. The number of methoxy groups -OCH3 is 1. The van der Waals surface area contributed by atoms with Crippen LogP contribution in [0.2, 0.25) is 0 Å². The number of para-hydroxylation sites is 2. The van der Waals surface area contributed by atoms with E-state index in [2.05, 4.69) is 45.5 Å². The summed E-state index contributed by atoms with van der Waals surface area (Å²) in [6.07, 6.45) is 1.14. The Morgan fingerprint density at radius 3 is 2.56 bits per heavy atom. The van der Waals surface area contributed by atoms with Crippen molar-refractivity contribution < 1.29 is 9.47 Å². The summed E-state index contributed by atoms with van der Waals surface area (Å²) in [6.45, 7) is 4.73. The third-order valence-electron chi connectivity index (χ3n) is 4.92. The smallest absolute Gasteiger partial charge is 0.193 e. The molecule has 2 aromatic carbocycles. The van der Waals surface area contributed by atoms with E-state index in [4.69, 9.17) is 9.47 Å². The van der Waals surface area contributed by atoms with Gasteiger partial charge in [0.15, 0.2) is 17.5 Å². The second-order valence-corrected chi connectivity index (χ2v) is 6.85. The summed E-state index contributed by atoms with van der Waals surface area (Å²) < 4.78 is 11.4. The molecule has 1 N–H and O–H groups in total. The summed E-state index contributed by atoms with van der Waals surface area (Å²) in [5.74, 6) is 3.00. The molecule has 1 fully saturated rings. The first-order valence-corrected chi connectivity index (χ1v) is 9.51. The van der Waals surface area contributed by atoms with Gasteiger partial charge in [-0.2, -0.15) is 0 Å². The van der Waals surface area contributed by atoms with Crippen molar-refractivity contribution in [1.82, 2.24) is 10.2 Å². The molecule has 5 heteroatoms. The maximum Gasteiger partial charge on any atom is 0.193 e. The second kappa shape index (κ2) is 9.31. The number of nitrogens with one attached hydrogen (secondary N) is 1. The molecule has 0 radical (unpaired) electrons. The third-order valence-corrected chi connectivity index (χ3v) is 4.92. The maximum absolute atomic E-state index is 6.02. The Bertz CT molecular complexity index is 748. The quantitative estimate of drug-likeness (QED) is 0.627. The van der Waals surface area contributed by atoms with Crippen molar-refractivity contribution in [3.63, 3.8) is 0 Å². The molecular formula is C22H29N3O2. The Kier molecular flexibility index (Phi) is 6.58. The highest BCUT2D eigenvalue weighted by molar-refractivity contribution is 5.80. The highest BCUT2D eigenvalue weighted by Gasteiger charge is 2.26. The van der Waals surface area contributed by atoms with Crippen LogP contribution in [0, 0.1) is 0 Å². The molecule has 0 amide bonds. The number of guanidine groups is 1. The van der Waals surface area contributed by atoms with Crippen LogP contribution in [0.4, 0.5) is 0 Å². The van der Waals surface area contributed by atoms with E-state index in [-0.39, 0.29) is 6.10 Å². The lowest BCUT2D eigenvalue weighted by atomic mass is 9.99. The normalized spacial score (nSPS) is 18.3. The Balaban J connectivity index is 1.52.